The first kappa shape index (κ1) is 24.7. The minimum Gasteiger partial charge on any atom is -0.372 e. The molecule has 1 unspecified atom stereocenters. The van der Waals surface area contributed by atoms with Crippen LogP contribution in [0, 0.1) is 5.82 Å². The predicted octanol–water partition coefficient (Wildman–Crippen LogP) is 7.80. The van der Waals surface area contributed by atoms with E-state index in [1.54, 1.807) is 0 Å². The van der Waals surface area contributed by atoms with E-state index in [9.17, 15) is 4.39 Å². The van der Waals surface area contributed by atoms with Crippen LogP contribution in [0.5, 0.6) is 0 Å². The summed E-state index contributed by atoms with van der Waals surface area (Å²) in [5.41, 5.74) is 8.57. The Morgan fingerprint density at radius 3 is 2.21 bits per heavy atom. The van der Waals surface area contributed by atoms with Crippen LogP contribution in [0.1, 0.15) is 42.2 Å². The van der Waals surface area contributed by atoms with Crippen molar-refractivity contribution in [2.24, 2.45) is 0 Å². The van der Waals surface area contributed by atoms with Gasteiger partial charge in [-0.3, -0.25) is 0 Å². The molecule has 2 aliphatic heterocycles. The quantitative estimate of drug-likeness (QED) is 0.254. The maximum atomic E-state index is 13.7. The van der Waals surface area contributed by atoms with Gasteiger partial charge in [0, 0.05) is 36.6 Å². The van der Waals surface area contributed by atoms with Gasteiger partial charge in [-0.15, -0.1) is 0 Å². The molecule has 4 aromatic carbocycles. The predicted molar refractivity (Wildman–Crippen MR) is 154 cm³/mol. The lowest BCUT2D eigenvalue weighted by Gasteiger charge is -2.39. The Morgan fingerprint density at radius 1 is 0.711 bits per heavy atom. The van der Waals surface area contributed by atoms with E-state index in [-0.39, 0.29) is 12.0 Å². The van der Waals surface area contributed by atoms with E-state index in [0.29, 0.717) is 6.61 Å². The van der Waals surface area contributed by atoms with Gasteiger partial charge in [0.1, 0.15) is 5.82 Å². The first-order valence-corrected chi connectivity index (χ1v) is 13.9. The van der Waals surface area contributed by atoms with Crippen LogP contribution in [0.4, 0.5) is 15.8 Å². The van der Waals surface area contributed by atoms with Crippen LogP contribution < -0.4 is 9.80 Å². The summed E-state index contributed by atoms with van der Waals surface area (Å²) >= 11 is 0. The van der Waals surface area contributed by atoms with Crippen molar-refractivity contribution in [1.29, 1.82) is 0 Å². The molecule has 4 heteroatoms. The molecule has 1 saturated heterocycles. The first-order valence-electron chi connectivity index (χ1n) is 13.9. The third-order valence-electron chi connectivity index (χ3n) is 7.90. The maximum absolute atomic E-state index is 13.7. The summed E-state index contributed by atoms with van der Waals surface area (Å²) in [6.07, 6.45) is 5.49. The lowest BCUT2D eigenvalue weighted by atomic mass is 9.93. The topological polar surface area (TPSA) is 15.7 Å². The summed E-state index contributed by atoms with van der Waals surface area (Å²) in [6, 6.07) is 33.0. The minimum atomic E-state index is -0.218. The molecule has 0 aromatic heterocycles. The Bertz CT molecular complexity index is 1330. The van der Waals surface area contributed by atoms with Crippen molar-refractivity contribution in [1.82, 2.24) is 0 Å². The maximum Gasteiger partial charge on any atom is 0.156 e. The number of benzene rings is 4. The van der Waals surface area contributed by atoms with E-state index < -0.39 is 0 Å². The average molecular weight is 507 g/mol. The van der Waals surface area contributed by atoms with Gasteiger partial charge < -0.3 is 14.5 Å². The van der Waals surface area contributed by atoms with Crippen molar-refractivity contribution < 1.29 is 9.13 Å². The molecule has 0 saturated carbocycles. The van der Waals surface area contributed by atoms with E-state index in [2.05, 4.69) is 76.5 Å². The number of hydrogen-bond acceptors (Lipinski definition) is 3. The first-order chi connectivity index (χ1) is 18.7. The smallest absolute Gasteiger partial charge is 0.156 e. The molecule has 0 spiro atoms. The minimum absolute atomic E-state index is 0.207. The molecule has 194 valence electrons. The van der Waals surface area contributed by atoms with E-state index in [4.69, 9.17) is 4.74 Å². The fourth-order valence-corrected chi connectivity index (χ4v) is 5.79. The van der Waals surface area contributed by atoms with Gasteiger partial charge in [0.2, 0.25) is 0 Å². The van der Waals surface area contributed by atoms with Crippen LogP contribution in [-0.2, 0) is 17.6 Å². The lowest BCUT2D eigenvalue weighted by Crippen LogP contribution is -2.37. The number of nitrogens with zero attached hydrogens (tertiary/aromatic N) is 2. The zero-order valence-corrected chi connectivity index (χ0v) is 21.9. The largest absolute Gasteiger partial charge is 0.372 e. The van der Waals surface area contributed by atoms with Crippen LogP contribution >= 0.6 is 0 Å². The number of halogens is 1. The highest BCUT2D eigenvalue weighted by Gasteiger charge is 2.29. The summed E-state index contributed by atoms with van der Waals surface area (Å²) in [5, 5.41) is 0. The molecule has 0 radical (unpaired) electrons. The molecule has 1 fully saturated rings. The number of fused-ring (bicyclic) bond motifs is 1. The summed E-state index contributed by atoms with van der Waals surface area (Å²) in [4.78, 5) is 4.76. The molecule has 4 aromatic rings. The summed E-state index contributed by atoms with van der Waals surface area (Å²) < 4.78 is 20.3. The number of anilines is 2. The van der Waals surface area contributed by atoms with E-state index >= 15 is 0 Å². The Balaban J connectivity index is 1.20. The fourth-order valence-electron chi connectivity index (χ4n) is 5.79. The average Bonchev–Trinajstić information content (AvgIpc) is 2.99. The van der Waals surface area contributed by atoms with Gasteiger partial charge in [-0.1, -0.05) is 60.7 Å². The third kappa shape index (κ3) is 5.46. The Kier molecular flexibility index (Phi) is 7.41. The number of piperidine rings is 1. The Hall–Kier alpha value is -3.63. The van der Waals surface area contributed by atoms with Crippen LogP contribution in [0.25, 0.3) is 11.1 Å². The van der Waals surface area contributed by atoms with Crippen molar-refractivity contribution in [3.63, 3.8) is 0 Å². The normalized spacial score (nSPS) is 17.3. The van der Waals surface area contributed by atoms with Gasteiger partial charge in [-0.25, -0.2) is 4.39 Å². The number of ether oxygens (including phenoxy) is 1. The number of hydrogen-bond donors (Lipinski definition) is 0. The Labute approximate surface area is 225 Å². The lowest BCUT2D eigenvalue weighted by molar-refractivity contribution is 0.0480. The molecule has 6 rings (SSSR count). The van der Waals surface area contributed by atoms with Crippen molar-refractivity contribution >= 4 is 11.4 Å². The van der Waals surface area contributed by atoms with Crippen molar-refractivity contribution in [2.45, 2.75) is 38.3 Å². The van der Waals surface area contributed by atoms with Crippen molar-refractivity contribution in [3.05, 3.63) is 120 Å². The van der Waals surface area contributed by atoms with Gasteiger partial charge in [0.15, 0.2) is 6.23 Å². The second-order valence-corrected chi connectivity index (χ2v) is 10.4. The summed E-state index contributed by atoms with van der Waals surface area (Å²) in [5.74, 6) is -0.218. The van der Waals surface area contributed by atoms with Gasteiger partial charge >= 0.3 is 0 Å². The highest BCUT2D eigenvalue weighted by Crippen LogP contribution is 2.37. The molecule has 2 aliphatic rings. The summed E-state index contributed by atoms with van der Waals surface area (Å²) in [7, 11) is 0. The molecule has 38 heavy (non-hydrogen) atoms. The molecular weight excluding hydrogens is 471 g/mol. The summed E-state index contributed by atoms with van der Waals surface area (Å²) in [6.45, 7) is 3.76. The van der Waals surface area contributed by atoms with Crippen molar-refractivity contribution in [3.8, 4) is 11.1 Å². The van der Waals surface area contributed by atoms with E-state index in [0.717, 1.165) is 38.2 Å². The molecule has 1 atom stereocenters. The third-order valence-corrected chi connectivity index (χ3v) is 7.90. The van der Waals surface area contributed by atoms with Gasteiger partial charge in [0.05, 0.1) is 6.61 Å². The van der Waals surface area contributed by atoms with Crippen LogP contribution in [0.15, 0.2) is 97.1 Å². The van der Waals surface area contributed by atoms with Crippen molar-refractivity contribution in [2.75, 3.05) is 36.0 Å². The molecule has 0 bridgehead atoms. The molecule has 0 aliphatic carbocycles. The molecule has 3 nitrogen and oxygen atoms in total. The van der Waals surface area contributed by atoms with Crippen LogP contribution in [-0.4, -0.2) is 26.2 Å². The zero-order valence-electron chi connectivity index (χ0n) is 21.9. The standard InChI is InChI=1S/C34H35FN2O/c35-30-12-16-32(17-13-30)37-23-19-29-25-28(27-7-3-1-4-8-27)11-18-33(29)34(37)38-24-20-26-9-14-31(15-10-26)36-21-5-2-6-22-36/h1,3-4,7-18,25,34H,2,5-6,19-24H2. The van der Waals surface area contributed by atoms with Crippen LogP contribution in [0.3, 0.4) is 0 Å². The van der Waals surface area contributed by atoms with Gasteiger partial charge in [-0.05, 0) is 90.8 Å². The molecule has 0 N–H and O–H groups in total. The fraction of sp³-hybridized carbons (Fsp3) is 0.294. The number of rotatable bonds is 7. The van der Waals surface area contributed by atoms with Gasteiger partial charge in [-0.2, -0.15) is 0 Å². The highest BCUT2D eigenvalue weighted by atomic mass is 19.1. The van der Waals surface area contributed by atoms with E-state index in [1.807, 2.05) is 18.2 Å². The molecule has 2 heterocycles. The SMILES string of the molecule is Fc1ccc(N2CCc3cc(-c4ccccc4)ccc3C2OCCc2ccc(N3CCCCC3)cc2)cc1. The molecule has 0 amide bonds. The monoisotopic (exact) mass is 506 g/mol. The van der Waals surface area contributed by atoms with Gasteiger partial charge in [0.25, 0.3) is 0 Å². The van der Waals surface area contributed by atoms with E-state index in [1.165, 1.54) is 64.9 Å². The zero-order chi connectivity index (χ0) is 25.7. The Morgan fingerprint density at radius 2 is 1.45 bits per heavy atom. The second-order valence-electron chi connectivity index (χ2n) is 10.4. The highest BCUT2D eigenvalue weighted by molar-refractivity contribution is 5.66. The molecular formula is C34H35FN2O. The second kappa shape index (κ2) is 11.4. The van der Waals surface area contributed by atoms with Crippen LogP contribution in [0.2, 0.25) is 0 Å².